The molecule has 0 saturated carbocycles. The summed E-state index contributed by atoms with van der Waals surface area (Å²) in [7, 11) is 0. The molecule has 0 radical (unpaired) electrons. The summed E-state index contributed by atoms with van der Waals surface area (Å²) in [5.74, 6) is 1.03. The van der Waals surface area contributed by atoms with Crippen LogP contribution in [-0.4, -0.2) is 39.7 Å². The molecule has 0 N–H and O–H groups in total. The largest absolute Gasteiger partial charge is 0.494 e. The molecule has 2 aliphatic rings. The van der Waals surface area contributed by atoms with Crippen LogP contribution < -0.4 is 4.74 Å². The number of nitrogens with zero attached hydrogens (tertiary/aromatic N) is 3. The van der Waals surface area contributed by atoms with Gasteiger partial charge < -0.3 is 9.30 Å². The van der Waals surface area contributed by atoms with E-state index in [2.05, 4.69) is 39.6 Å². The van der Waals surface area contributed by atoms with Crippen molar-refractivity contribution in [3.63, 3.8) is 0 Å². The third-order valence-corrected chi connectivity index (χ3v) is 6.43. The molecular weight excluding hydrogens is 334 g/mol. The van der Waals surface area contributed by atoms with Crippen LogP contribution in [0.15, 0.2) is 36.9 Å². The number of ether oxygens (including phenoxy) is 1. The summed E-state index contributed by atoms with van der Waals surface area (Å²) in [4.78, 5) is 6.88. The van der Waals surface area contributed by atoms with Crippen LogP contribution >= 0.6 is 0 Å². The van der Waals surface area contributed by atoms with Gasteiger partial charge in [-0.3, -0.25) is 4.90 Å². The molecule has 1 aromatic carbocycles. The van der Waals surface area contributed by atoms with E-state index >= 15 is 0 Å². The lowest BCUT2D eigenvalue weighted by Gasteiger charge is -2.50. The highest BCUT2D eigenvalue weighted by molar-refractivity contribution is 5.39. The van der Waals surface area contributed by atoms with Gasteiger partial charge in [-0.1, -0.05) is 19.4 Å². The van der Waals surface area contributed by atoms with Crippen molar-refractivity contribution in [2.45, 2.75) is 70.4 Å². The highest BCUT2D eigenvalue weighted by atomic mass is 16.5. The molecule has 2 aromatic rings. The average molecular weight is 368 g/mol. The Morgan fingerprint density at radius 2 is 2.11 bits per heavy atom. The lowest BCUT2D eigenvalue weighted by molar-refractivity contribution is 0.0340. The van der Waals surface area contributed by atoms with Crippen LogP contribution in [0.3, 0.4) is 0 Å². The number of benzene rings is 1. The normalized spacial score (nSPS) is 22.7. The van der Waals surface area contributed by atoms with Gasteiger partial charge in [0, 0.05) is 24.5 Å². The van der Waals surface area contributed by atoms with Gasteiger partial charge in [0.05, 0.1) is 12.9 Å². The lowest BCUT2D eigenvalue weighted by Crippen LogP contribution is -2.55. The Morgan fingerprint density at radius 1 is 1.15 bits per heavy atom. The number of likely N-dealkylation sites (tertiary alicyclic amines) is 1. The summed E-state index contributed by atoms with van der Waals surface area (Å²) in [6, 6.07) is 6.81. The van der Waals surface area contributed by atoms with E-state index in [0.717, 1.165) is 25.3 Å². The van der Waals surface area contributed by atoms with Crippen molar-refractivity contribution >= 4 is 0 Å². The van der Waals surface area contributed by atoms with E-state index in [-0.39, 0.29) is 0 Å². The molecule has 146 valence electrons. The van der Waals surface area contributed by atoms with E-state index in [1.54, 1.807) is 5.56 Å². The third kappa shape index (κ3) is 4.21. The molecular formula is C23H33N3O. The second-order valence-electron chi connectivity index (χ2n) is 8.28. The standard InChI is InChI=1S/C23H33N3O/c1-2-12-26-14-4-3-9-23(26)10-8-20-17-22(7-6-21(20)18-23)27-16-5-13-25-15-11-24-19-25/h6-7,11,15,17,19H,2-5,8-10,12-14,16,18H2,1H3. The second-order valence-corrected chi connectivity index (χ2v) is 8.28. The first kappa shape index (κ1) is 18.5. The first-order valence-corrected chi connectivity index (χ1v) is 10.7. The van der Waals surface area contributed by atoms with E-state index in [1.165, 1.54) is 63.6 Å². The van der Waals surface area contributed by atoms with Gasteiger partial charge in [-0.15, -0.1) is 0 Å². The minimum absolute atomic E-state index is 0.425. The summed E-state index contributed by atoms with van der Waals surface area (Å²) >= 11 is 0. The number of piperidine rings is 1. The summed E-state index contributed by atoms with van der Waals surface area (Å²) in [5.41, 5.74) is 3.49. The quantitative estimate of drug-likeness (QED) is 0.676. The topological polar surface area (TPSA) is 30.3 Å². The fourth-order valence-electron chi connectivity index (χ4n) is 5.02. The Bertz CT molecular complexity index is 725. The Balaban J connectivity index is 1.36. The zero-order valence-electron chi connectivity index (χ0n) is 16.7. The highest BCUT2D eigenvalue weighted by Gasteiger charge is 2.40. The van der Waals surface area contributed by atoms with Gasteiger partial charge in [0.1, 0.15) is 5.75 Å². The molecule has 1 aromatic heterocycles. The molecule has 1 unspecified atom stereocenters. The molecule has 4 nitrogen and oxygen atoms in total. The van der Waals surface area contributed by atoms with Crippen molar-refractivity contribution in [2.24, 2.45) is 0 Å². The Kier molecular flexibility index (Phi) is 5.82. The molecule has 2 heterocycles. The minimum atomic E-state index is 0.425. The molecule has 1 atom stereocenters. The van der Waals surface area contributed by atoms with Crippen LogP contribution in [0.5, 0.6) is 5.75 Å². The summed E-state index contributed by atoms with van der Waals surface area (Å²) in [5, 5.41) is 0. The molecule has 4 rings (SSSR count). The number of aryl methyl sites for hydroxylation is 2. The summed E-state index contributed by atoms with van der Waals surface area (Å²) < 4.78 is 8.12. The van der Waals surface area contributed by atoms with Gasteiger partial charge in [0.15, 0.2) is 0 Å². The molecule has 1 aliphatic heterocycles. The van der Waals surface area contributed by atoms with Crippen molar-refractivity contribution in [3.8, 4) is 5.75 Å². The van der Waals surface area contributed by atoms with E-state index < -0.39 is 0 Å². The Hall–Kier alpha value is -1.81. The number of rotatable bonds is 7. The zero-order valence-corrected chi connectivity index (χ0v) is 16.7. The van der Waals surface area contributed by atoms with Crippen molar-refractivity contribution < 1.29 is 4.74 Å². The number of aromatic nitrogens is 2. The lowest BCUT2D eigenvalue weighted by atomic mass is 9.72. The van der Waals surface area contributed by atoms with Crippen molar-refractivity contribution in [2.75, 3.05) is 19.7 Å². The van der Waals surface area contributed by atoms with Gasteiger partial charge in [-0.2, -0.15) is 0 Å². The van der Waals surface area contributed by atoms with Gasteiger partial charge in [0.2, 0.25) is 0 Å². The second kappa shape index (κ2) is 8.47. The number of hydrogen-bond donors (Lipinski definition) is 0. The number of hydrogen-bond acceptors (Lipinski definition) is 3. The number of fused-ring (bicyclic) bond motifs is 1. The van der Waals surface area contributed by atoms with Crippen LogP contribution in [0.4, 0.5) is 0 Å². The van der Waals surface area contributed by atoms with Crippen LogP contribution in [0.1, 0.15) is 56.6 Å². The third-order valence-electron chi connectivity index (χ3n) is 6.43. The molecule has 0 bridgehead atoms. The predicted octanol–water partition coefficient (Wildman–Crippen LogP) is 4.48. The molecule has 1 fully saturated rings. The van der Waals surface area contributed by atoms with E-state index in [4.69, 9.17) is 4.74 Å². The Labute approximate surface area is 163 Å². The van der Waals surface area contributed by atoms with E-state index in [9.17, 15) is 0 Å². The van der Waals surface area contributed by atoms with Gasteiger partial charge >= 0.3 is 0 Å². The van der Waals surface area contributed by atoms with Crippen LogP contribution in [-0.2, 0) is 19.4 Å². The van der Waals surface area contributed by atoms with Crippen LogP contribution in [0.25, 0.3) is 0 Å². The first-order chi connectivity index (χ1) is 13.3. The smallest absolute Gasteiger partial charge is 0.119 e. The first-order valence-electron chi connectivity index (χ1n) is 10.7. The molecule has 0 amide bonds. The van der Waals surface area contributed by atoms with Crippen LogP contribution in [0.2, 0.25) is 0 Å². The van der Waals surface area contributed by atoms with Crippen LogP contribution in [0, 0.1) is 0 Å². The van der Waals surface area contributed by atoms with Crippen molar-refractivity contribution in [1.82, 2.24) is 14.5 Å². The maximum absolute atomic E-state index is 6.02. The molecule has 1 spiro atoms. The monoisotopic (exact) mass is 367 g/mol. The molecule has 1 saturated heterocycles. The molecule has 1 aliphatic carbocycles. The Morgan fingerprint density at radius 3 is 2.96 bits per heavy atom. The average Bonchev–Trinajstić information content (AvgIpc) is 3.21. The summed E-state index contributed by atoms with van der Waals surface area (Å²) in [6.07, 6.45) is 15.8. The van der Waals surface area contributed by atoms with Crippen molar-refractivity contribution in [1.29, 1.82) is 0 Å². The minimum Gasteiger partial charge on any atom is -0.494 e. The van der Waals surface area contributed by atoms with Gasteiger partial charge in [-0.05, 0) is 81.3 Å². The highest BCUT2D eigenvalue weighted by Crippen LogP contribution is 2.40. The molecule has 4 heteroatoms. The van der Waals surface area contributed by atoms with Gasteiger partial charge in [0.25, 0.3) is 0 Å². The maximum atomic E-state index is 6.02. The van der Waals surface area contributed by atoms with E-state index in [0.29, 0.717) is 5.54 Å². The van der Waals surface area contributed by atoms with Crippen molar-refractivity contribution in [3.05, 3.63) is 48.0 Å². The van der Waals surface area contributed by atoms with E-state index in [1.807, 2.05) is 18.7 Å². The van der Waals surface area contributed by atoms with Gasteiger partial charge in [-0.25, -0.2) is 4.98 Å². The maximum Gasteiger partial charge on any atom is 0.119 e. The SMILES string of the molecule is CCCN1CCCCC12CCc1cc(OCCCn3ccnc3)ccc1C2. The molecule has 27 heavy (non-hydrogen) atoms. The number of imidazole rings is 1. The summed E-state index contributed by atoms with van der Waals surface area (Å²) in [6.45, 7) is 6.58. The zero-order chi connectivity index (χ0) is 18.5. The fraction of sp³-hybridized carbons (Fsp3) is 0.609. The fourth-order valence-corrected chi connectivity index (χ4v) is 5.02. The predicted molar refractivity (Wildman–Crippen MR) is 109 cm³/mol.